The lowest BCUT2D eigenvalue weighted by Crippen LogP contribution is -2.48. The molecule has 0 bridgehead atoms. The third-order valence-corrected chi connectivity index (χ3v) is 2.17. The summed E-state index contributed by atoms with van der Waals surface area (Å²) in [6, 6.07) is 7.54. The predicted molar refractivity (Wildman–Crippen MR) is 63.1 cm³/mol. The van der Waals surface area contributed by atoms with Gasteiger partial charge in [-0.1, -0.05) is 12.1 Å². The Balaban J connectivity index is 2.58. The Hall–Kier alpha value is -1.55. The highest BCUT2D eigenvalue weighted by atomic mass is 16.5. The molecule has 1 rings (SSSR count). The Morgan fingerprint density at radius 3 is 2.75 bits per heavy atom. The van der Waals surface area contributed by atoms with Gasteiger partial charge in [0.2, 0.25) is 5.91 Å². The standard InChI is InChI=1S/C12H18N2O2/c1-12(2,13)11(15)14-8-9-5-4-6-10(7-9)16-3/h4-7H,8,13H2,1-3H3,(H,14,15). The fourth-order valence-electron chi connectivity index (χ4n) is 1.19. The molecule has 1 aromatic rings. The third kappa shape index (κ3) is 3.55. The maximum Gasteiger partial charge on any atom is 0.239 e. The Bertz CT molecular complexity index is 370. The number of hydrogen-bond donors (Lipinski definition) is 2. The Morgan fingerprint density at radius 2 is 2.19 bits per heavy atom. The lowest BCUT2D eigenvalue weighted by molar-refractivity contribution is -0.125. The van der Waals surface area contributed by atoms with Crippen LogP contribution in [0.2, 0.25) is 0 Å². The first-order valence-corrected chi connectivity index (χ1v) is 5.13. The van der Waals surface area contributed by atoms with Crippen molar-refractivity contribution in [3.8, 4) is 5.75 Å². The van der Waals surface area contributed by atoms with E-state index in [2.05, 4.69) is 5.32 Å². The monoisotopic (exact) mass is 222 g/mol. The van der Waals surface area contributed by atoms with Gasteiger partial charge in [-0.15, -0.1) is 0 Å². The van der Waals surface area contributed by atoms with Crippen molar-refractivity contribution in [1.29, 1.82) is 0 Å². The van der Waals surface area contributed by atoms with Crippen molar-refractivity contribution in [2.75, 3.05) is 7.11 Å². The molecule has 16 heavy (non-hydrogen) atoms. The molecule has 0 radical (unpaired) electrons. The first-order chi connectivity index (χ1) is 7.43. The number of nitrogens with one attached hydrogen (secondary N) is 1. The van der Waals surface area contributed by atoms with Crippen LogP contribution in [-0.2, 0) is 11.3 Å². The summed E-state index contributed by atoms with van der Waals surface area (Å²) in [6.07, 6.45) is 0. The average molecular weight is 222 g/mol. The van der Waals surface area contributed by atoms with Gasteiger partial charge in [0.05, 0.1) is 12.6 Å². The zero-order chi connectivity index (χ0) is 12.2. The lowest BCUT2D eigenvalue weighted by atomic mass is 10.1. The lowest BCUT2D eigenvalue weighted by Gasteiger charge is -2.17. The van der Waals surface area contributed by atoms with Crippen LogP contribution in [0.5, 0.6) is 5.75 Å². The number of benzene rings is 1. The Morgan fingerprint density at radius 1 is 1.50 bits per heavy atom. The first kappa shape index (κ1) is 12.5. The van der Waals surface area contributed by atoms with Crippen LogP contribution in [0.3, 0.4) is 0 Å². The van der Waals surface area contributed by atoms with Crippen LogP contribution in [-0.4, -0.2) is 18.6 Å². The minimum absolute atomic E-state index is 0.171. The van der Waals surface area contributed by atoms with Crippen molar-refractivity contribution in [2.45, 2.75) is 25.9 Å². The van der Waals surface area contributed by atoms with Crippen molar-refractivity contribution in [1.82, 2.24) is 5.32 Å². The van der Waals surface area contributed by atoms with Crippen LogP contribution in [0.25, 0.3) is 0 Å². The van der Waals surface area contributed by atoms with E-state index in [4.69, 9.17) is 10.5 Å². The number of rotatable bonds is 4. The third-order valence-electron chi connectivity index (χ3n) is 2.17. The van der Waals surface area contributed by atoms with Crippen molar-refractivity contribution in [3.63, 3.8) is 0 Å². The van der Waals surface area contributed by atoms with Crippen molar-refractivity contribution in [2.24, 2.45) is 5.73 Å². The minimum Gasteiger partial charge on any atom is -0.497 e. The Labute approximate surface area is 95.8 Å². The van der Waals surface area contributed by atoms with Gasteiger partial charge in [-0.25, -0.2) is 0 Å². The quantitative estimate of drug-likeness (QED) is 0.800. The second-order valence-electron chi connectivity index (χ2n) is 4.26. The van der Waals surface area contributed by atoms with Crippen LogP contribution in [0.4, 0.5) is 0 Å². The molecular weight excluding hydrogens is 204 g/mol. The van der Waals surface area contributed by atoms with E-state index in [0.29, 0.717) is 6.54 Å². The molecule has 0 fully saturated rings. The minimum atomic E-state index is -0.848. The molecule has 4 heteroatoms. The summed E-state index contributed by atoms with van der Waals surface area (Å²) in [6.45, 7) is 3.80. The van der Waals surface area contributed by atoms with Crippen LogP contribution < -0.4 is 15.8 Å². The molecule has 0 aliphatic carbocycles. The highest BCUT2D eigenvalue weighted by Crippen LogP contribution is 2.12. The van der Waals surface area contributed by atoms with Gasteiger partial charge in [0, 0.05) is 6.54 Å². The van der Waals surface area contributed by atoms with E-state index in [0.717, 1.165) is 11.3 Å². The van der Waals surface area contributed by atoms with Gasteiger partial charge in [-0.05, 0) is 31.5 Å². The van der Waals surface area contributed by atoms with Crippen LogP contribution in [0, 0.1) is 0 Å². The molecule has 0 aliphatic rings. The summed E-state index contributed by atoms with van der Waals surface area (Å²) in [5, 5.41) is 2.77. The van der Waals surface area contributed by atoms with Crippen LogP contribution in [0.15, 0.2) is 24.3 Å². The van der Waals surface area contributed by atoms with Crippen molar-refractivity contribution >= 4 is 5.91 Å². The zero-order valence-electron chi connectivity index (χ0n) is 9.91. The molecule has 1 amide bonds. The van der Waals surface area contributed by atoms with Gasteiger partial charge in [-0.2, -0.15) is 0 Å². The fraction of sp³-hybridized carbons (Fsp3) is 0.417. The van der Waals surface area contributed by atoms with Gasteiger partial charge in [0.1, 0.15) is 5.75 Å². The van der Waals surface area contributed by atoms with Crippen LogP contribution >= 0.6 is 0 Å². The summed E-state index contributed by atoms with van der Waals surface area (Å²) < 4.78 is 5.09. The van der Waals surface area contributed by atoms with Gasteiger partial charge in [0.15, 0.2) is 0 Å². The van der Waals surface area contributed by atoms with E-state index >= 15 is 0 Å². The molecule has 0 spiro atoms. The smallest absolute Gasteiger partial charge is 0.239 e. The van der Waals surface area contributed by atoms with Gasteiger partial charge >= 0.3 is 0 Å². The Kier molecular flexibility index (Phi) is 3.90. The normalized spacial score (nSPS) is 11.0. The molecule has 88 valence electrons. The molecule has 0 unspecified atom stereocenters. The highest BCUT2D eigenvalue weighted by Gasteiger charge is 2.20. The molecule has 4 nitrogen and oxygen atoms in total. The number of carbonyl (C=O) groups excluding carboxylic acids is 1. The van der Waals surface area contributed by atoms with E-state index in [1.807, 2.05) is 24.3 Å². The second kappa shape index (κ2) is 4.99. The van der Waals surface area contributed by atoms with E-state index in [-0.39, 0.29) is 5.91 Å². The number of hydrogen-bond acceptors (Lipinski definition) is 3. The molecule has 3 N–H and O–H groups in total. The maximum atomic E-state index is 11.5. The molecule has 0 aromatic heterocycles. The number of amides is 1. The molecule has 0 saturated carbocycles. The molecular formula is C12H18N2O2. The largest absolute Gasteiger partial charge is 0.497 e. The summed E-state index contributed by atoms with van der Waals surface area (Å²) in [4.78, 5) is 11.5. The first-order valence-electron chi connectivity index (χ1n) is 5.13. The average Bonchev–Trinajstić information content (AvgIpc) is 2.25. The molecule has 0 heterocycles. The SMILES string of the molecule is COc1cccc(CNC(=O)C(C)(C)N)c1. The summed E-state index contributed by atoms with van der Waals surface area (Å²) in [5.74, 6) is 0.606. The van der Waals surface area contributed by atoms with Crippen LogP contribution in [0.1, 0.15) is 19.4 Å². The van der Waals surface area contributed by atoms with Gasteiger partial charge in [0.25, 0.3) is 0 Å². The number of ether oxygens (including phenoxy) is 1. The summed E-state index contributed by atoms with van der Waals surface area (Å²) >= 11 is 0. The predicted octanol–water partition coefficient (Wildman–Crippen LogP) is 1.05. The highest BCUT2D eigenvalue weighted by molar-refractivity contribution is 5.84. The molecule has 1 aromatic carbocycles. The second-order valence-corrected chi connectivity index (χ2v) is 4.26. The van der Waals surface area contributed by atoms with E-state index in [9.17, 15) is 4.79 Å². The van der Waals surface area contributed by atoms with Gasteiger partial charge in [-0.3, -0.25) is 4.79 Å². The summed E-state index contributed by atoms with van der Waals surface area (Å²) in [5.41, 5.74) is 5.80. The van der Waals surface area contributed by atoms with E-state index < -0.39 is 5.54 Å². The summed E-state index contributed by atoms with van der Waals surface area (Å²) in [7, 11) is 1.61. The fourth-order valence-corrected chi connectivity index (χ4v) is 1.19. The molecule has 0 atom stereocenters. The van der Waals surface area contributed by atoms with E-state index in [1.165, 1.54) is 0 Å². The van der Waals surface area contributed by atoms with Gasteiger partial charge < -0.3 is 15.8 Å². The van der Waals surface area contributed by atoms with Crippen molar-refractivity contribution < 1.29 is 9.53 Å². The maximum absolute atomic E-state index is 11.5. The number of carbonyl (C=O) groups is 1. The number of methoxy groups -OCH3 is 1. The molecule has 0 saturated heterocycles. The van der Waals surface area contributed by atoms with E-state index in [1.54, 1.807) is 21.0 Å². The topological polar surface area (TPSA) is 64.3 Å². The van der Waals surface area contributed by atoms with Crippen molar-refractivity contribution in [3.05, 3.63) is 29.8 Å². The molecule has 0 aliphatic heterocycles. The number of nitrogens with two attached hydrogens (primary N) is 1. The zero-order valence-corrected chi connectivity index (χ0v) is 9.91.